The van der Waals surface area contributed by atoms with Gasteiger partial charge < -0.3 is 15.7 Å². The minimum atomic E-state index is -2.63. The lowest BCUT2D eigenvalue weighted by Crippen LogP contribution is -2.10. The molecule has 0 saturated carbocycles. The number of H-pyrrole nitrogens is 2. The van der Waals surface area contributed by atoms with Crippen LogP contribution in [0.2, 0.25) is 0 Å². The van der Waals surface area contributed by atoms with Crippen LogP contribution in [-0.4, -0.2) is 25.8 Å². The van der Waals surface area contributed by atoms with Gasteiger partial charge in [-0.05, 0) is 90.5 Å². The lowest BCUT2D eigenvalue weighted by Gasteiger charge is -2.11. The Morgan fingerprint density at radius 1 is 0.338 bits per heavy atom. The summed E-state index contributed by atoms with van der Waals surface area (Å²) in [5.41, 5.74) is -5.72. The van der Waals surface area contributed by atoms with Crippen molar-refractivity contribution in [3.63, 3.8) is 0 Å². The van der Waals surface area contributed by atoms with Gasteiger partial charge in [0.1, 0.15) is 0 Å². The van der Waals surface area contributed by atoms with Crippen LogP contribution < -0.4 is 5.73 Å². The maximum Gasteiger partial charge on any atom is 0.248 e. The number of hydrogen-bond acceptors (Lipinski definition) is 3. The molecule has 4 N–H and O–H groups in total. The summed E-state index contributed by atoms with van der Waals surface area (Å²) in [6.45, 7) is 0. The second-order valence-corrected chi connectivity index (χ2v) is 16.1. The highest BCUT2D eigenvalue weighted by Gasteiger charge is 2.34. The molecule has 2 aliphatic heterocycles. The Morgan fingerprint density at radius 3 is 0.892 bits per heavy atom. The Kier molecular flexibility index (Phi) is 11.8. The van der Waals surface area contributed by atoms with Gasteiger partial charge in [0.15, 0.2) is 69.8 Å². The molecule has 0 saturated heterocycles. The molecule has 0 spiro atoms. The molecule has 21 heteroatoms. The number of benzene rings is 5. The summed E-state index contributed by atoms with van der Waals surface area (Å²) in [5.74, 6) is -31.9. The normalized spacial score (nSPS) is 11.9. The van der Waals surface area contributed by atoms with Crippen LogP contribution >= 0.6 is 0 Å². The summed E-state index contributed by atoms with van der Waals surface area (Å²) >= 11 is 0. The third-order valence-corrected chi connectivity index (χ3v) is 11.8. The predicted molar refractivity (Wildman–Crippen MR) is 241 cm³/mol. The summed E-state index contributed by atoms with van der Waals surface area (Å²) < 4.78 is 230. The second-order valence-electron chi connectivity index (χ2n) is 16.1. The Morgan fingerprint density at radius 2 is 0.595 bits per heavy atom. The Hall–Kier alpha value is -9.32. The van der Waals surface area contributed by atoms with Crippen molar-refractivity contribution in [2.24, 2.45) is 5.73 Å². The molecule has 368 valence electrons. The molecule has 8 aromatic rings. The summed E-state index contributed by atoms with van der Waals surface area (Å²) in [7, 11) is 0. The van der Waals surface area contributed by atoms with Gasteiger partial charge in [-0.25, -0.2) is 75.8 Å². The second kappa shape index (κ2) is 18.1. The maximum atomic E-state index is 16.0. The third kappa shape index (κ3) is 7.73. The van der Waals surface area contributed by atoms with E-state index in [-0.39, 0.29) is 27.9 Å². The van der Waals surface area contributed by atoms with Gasteiger partial charge in [-0.2, -0.15) is 0 Å². The largest absolute Gasteiger partial charge is 0.366 e. The van der Waals surface area contributed by atoms with Crippen molar-refractivity contribution in [1.29, 1.82) is 0 Å². The van der Waals surface area contributed by atoms with E-state index in [1.807, 2.05) is 0 Å². The molecule has 5 aromatic carbocycles. The zero-order valence-electron chi connectivity index (χ0n) is 36.3. The summed E-state index contributed by atoms with van der Waals surface area (Å²) in [6.07, 6.45) is 3.84. The van der Waals surface area contributed by atoms with Crippen molar-refractivity contribution in [2.45, 2.75) is 0 Å². The highest BCUT2D eigenvalue weighted by atomic mass is 19.2. The van der Waals surface area contributed by atoms with E-state index in [9.17, 15) is 18.0 Å². The van der Waals surface area contributed by atoms with E-state index in [0.717, 1.165) is 36.4 Å². The number of hydrogen-bond donors (Lipinski definition) is 3. The fourth-order valence-electron chi connectivity index (χ4n) is 8.35. The van der Waals surface area contributed by atoms with Gasteiger partial charge in [0.2, 0.25) is 23.4 Å². The van der Waals surface area contributed by atoms with E-state index in [4.69, 9.17) is 5.73 Å². The molecule has 0 atom stereocenters. The van der Waals surface area contributed by atoms with E-state index < -0.39 is 160 Å². The predicted octanol–water partition coefficient (Wildman–Crippen LogP) is 13.9. The van der Waals surface area contributed by atoms with Gasteiger partial charge >= 0.3 is 0 Å². The first-order valence-electron chi connectivity index (χ1n) is 21.0. The van der Waals surface area contributed by atoms with Crippen LogP contribution in [0.25, 0.3) is 90.9 Å². The summed E-state index contributed by atoms with van der Waals surface area (Å²) in [4.78, 5) is 25.4. The Bertz CT molecular complexity index is 3960. The molecule has 8 bridgehead atoms. The number of nitrogens with two attached hydrogens (primary N) is 1. The number of rotatable bonds is 5. The van der Waals surface area contributed by atoms with E-state index in [1.165, 1.54) is 60.7 Å². The van der Waals surface area contributed by atoms with E-state index in [0.29, 0.717) is 11.1 Å². The first-order chi connectivity index (χ1) is 35.3. The van der Waals surface area contributed by atoms with Gasteiger partial charge in [0.05, 0.1) is 39.5 Å². The first kappa shape index (κ1) is 48.3. The zero-order valence-corrected chi connectivity index (χ0v) is 36.3. The average molecular weight is 1030 g/mol. The summed E-state index contributed by atoms with van der Waals surface area (Å²) in [6, 6.07) is 15.9. The van der Waals surface area contributed by atoms with Crippen LogP contribution in [0.5, 0.6) is 0 Å². The van der Waals surface area contributed by atoms with Crippen molar-refractivity contribution in [1.82, 2.24) is 19.9 Å². The smallest absolute Gasteiger partial charge is 0.248 e. The molecule has 74 heavy (non-hydrogen) atoms. The van der Waals surface area contributed by atoms with Gasteiger partial charge in [-0.3, -0.25) is 4.79 Å². The SMILES string of the molecule is NC(=O)c1ccc(C#Cc2ccc(-c3c4nc(c(-c5c(F)c(F)c(F)c(F)c5F)c5ccc([nH]5)c(-c5c(F)c(F)c(F)c(F)c5F)c5nc(c(-c6c(F)c(F)c(F)c(F)c6F)c6ccc3[nH]6)C=C5)C=C4)cc2)cc1. The topological polar surface area (TPSA) is 100 Å². The lowest BCUT2D eigenvalue weighted by atomic mass is 10.0. The molecule has 5 heterocycles. The quantitative estimate of drug-likeness (QED) is 0.0693. The van der Waals surface area contributed by atoms with Gasteiger partial charge in [-0.15, -0.1) is 0 Å². The van der Waals surface area contributed by atoms with Crippen LogP contribution in [-0.2, 0) is 0 Å². The molecule has 0 aliphatic carbocycles. The van der Waals surface area contributed by atoms with Crippen LogP contribution in [0, 0.1) is 99.1 Å². The molecular formula is C53H20F15N5O. The Labute approximate surface area is 403 Å². The fourth-order valence-corrected chi connectivity index (χ4v) is 8.35. The molecule has 0 radical (unpaired) electrons. The summed E-state index contributed by atoms with van der Waals surface area (Å²) in [5, 5.41) is 0. The minimum absolute atomic E-state index is 0.00470. The number of carbonyl (C=O) groups is 1. The van der Waals surface area contributed by atoms with Crippen LogP contribution in [0.3, 0.4) is 0 Å². The van der Waals surface area contributed by atoms with E-state index in [2.05, 4.69) is 31.8 Å². The maximum absolute atomic E-state index is 16.0. The number of aromatic amines is 2. The zero-order chi connectivity index (χ0) is 52.8. The number of halogens is 15. The number of fused-ring (bicyclic) bond motifs is 8. The highest BCUT2D eigenvalue weighted by Crippen LogP contribution is 2.43. The third-order valence-electron chi connectivity index (χ3n) is 11.8. The van der Waals surface area contributed by atoms with Crippen LogP contribution in [0.15, 0.2) is 72.8 Å². The van der Waals surface area contributed by atoms with Gasteiger partial charge in [0.25, 0.3) is 0 Å². The number of nitrogens with one attached hydrogen (secondary N) is 2. The lowest BCUT2D eigenvalue weighted by molar-refractivity contribution is 0.1000. The van der Waals surface area contributed by atoms with Gasteiger partial charge in [0, 0.05) is 61.0 Å². The van der Waals surface area contributed by atoms with Crippen molar-refractivity contribution in [3.05, 3.63) is 200 Å². The molecule has 3 aromatic heterocycles. The number of nitrogens with zero attached hydrogens (tertiary/aromatic N) is 2. The Balaban J connectivity index is 1.37. The van der Waals surface area contributed by atoms with Crippen molar-refractivity contribution in [3.8, 4) is 56.3 Å². The number of carbonyl (C=O) groups excluding carboxylic acids is 1. The number of amides is 1. The van der Waals surface area contributed by atoms with Crippen LogP contribution in [0.1, 0.15) is 44.3 Å². The molecule has 6 nitrogen and oxygen atoms in total. The van der Waals surface area contributed by atoms with E-state index in [1.54, 1.807) is 0 Å². The standard InChI is InChI=1S/C53H20F15N5O/c54-38-35(39(55)45(61)50(66)44(38)60)32-25-13-11-23(70-25)31(21-7-3-19(4-8-21)1-2-20-5-9-22(10-6-20)53(69)74)24-12-14-26(71-24)33(36-40(56)46(62)51(67)47(63)41(36)57)28-16-18-30(73-28)34(29-17-15-27(32)72-29)37-42(58)48(64)52(68)49(65)43(37)59/h3-18,70,73H,(H2,69,74). The van der Waals surface area contributed by atoms with Crippen molar-refractivity contribution >= 4 is 52.3 Å². The van der Waals surface area contributed by atoms with Crippen molar-refractivity contribution in [2.75, 3.05) is 0 Å². The number of primary amides is 1. The minimum Gasteiger partial charge on any atom is -0.366 e. The molecule has 1 amide bonds. The molecular weight excluding hydrogens is 1010 g/mol. The molecule has 0 unspecified atom stereocenters. The van der Waals surface area contributed by atoms with Crippen LogP contribution in [0.4, 0.5) is 65.9 Å². The molecule has 10 rings (SSSR count). The average Bonchev–Trinajstić information content (AvgIpc) is 4.26. The van der Waals surface area contributed by atoms with E-state index >= 15 is 52.7 Å². The number of aromatic nitrogens is 4. The van der Waals surface area contributed by atoms with Gasteiger partial charge in [-0.1, -0.05) is 24.0 Å². The first-order valence-corrected chi connectivity index (χ1v) is 21.0. The molecule has 0 fully saturated rings. The fraction of sp³-hybridized carbons (Fsp3) is 0. The highest BCUT2D eigenvalue weighted by molar-refractivity contribution is 6.00. The van der Waals surface area contributed by atoms with Crippen molar-refractivity contribution < 1.29 is 70.7 Å². The monoisotopic (exact) mass is 1030 g/mol. The molecule has 2 aliphatic rings.